The number of Topliss-reactive ketones (excluding diaryl/α,β-unsaturated/α-hetero) is 1. The lowest BCUT2D eigenvalue weighted by Gasteiger charge is -2.38. The lowest BCUT2D eigenvalue weighted by molar-refractivity contribution is -0.0448. The van der Waals surface area contributed by atoms with Gasteiger partial charge in [0.1, 0.15) is 11.4 Å². The highest BCUT2D eigenvalue weighted by atomic mass is 35.5. The van der Waals surface area contributed by atoms with Crippen molar-refractivity contribution in [3.63, 3.8) is 0 Å². The number of halogens is 2. The first-order valence-corrected chi connectivity index (χ1v) is 5.52. The van der Waals surface area contributed by atoms with Crippen molar-refractivity contribution < 1.29 is 13.9 Å². The summed E-state index contributed by atoms with van der Waals surface area (Å²) in [6.45, 7) is 0. The molecular formula is C12H12ClFO2. The quantitative estimate of drug-likeness (QED) is 0.761. The fourth-order valence-corrected chi connectivity index (χ4v) is 2.14. The van der Waals surface area contributed by atoms with Crippen LogP contribution in [0.5, 0.6) is 0 Å². The summed E-state index contributed by atoms with van der Waals surface area (Å²) < 4.78 is 18.3. The molecule has 0 radical (unpaired) electrons. The zero-order chi connectivity index (χ0) is 11.8. The van der Waals surface area contributed by atoms with Gasteiger partial charge in [0, 0.05) is 12.7 Å². The number of rotatable bonds is 3. The Morgan fingerprint density at radius 3 is 2.69 bits per heavy atom. The maximum Gasteiger partial charge on any atom is 0.196 e. The van der Waals surface area contributed by atoms with Crippen LogP contribution in [0.3, 0.4) is 0 Å². The predicted octanol–water partition coefficient (Wildman–Crippen LogP) is 3.23. The predicted molar refractivity (Wildman–Crippen MR) is 59.3 cm³/mol. The van der Waals surface area contributed by atoms with Crippen molar-refractivity contribution in [1.29, 1.82) is 0 Å². The van der Waals surface area contributed by atoms with Crippen LogP contribution >= 0.6 is 11.6 Å². The van der Waals surface area contributed by atoms with E-state index in [9.17, 15) is 9.18 Å². The molecule has 16 heavy (non-hydrogen) atoms. The van der Waals surface area contributed by atoms with E-state index in [0.717, 1.165) is 6.42 Å². The van der Waals surface area contributed by atoms with Crippen molar-refractivity contribution in [1.82, 2.24) is 0 Å². The molecule has 0 spiro atoms. The molecule has 0 aliphatic heterocycles. The van der Waals surface area contributed by atoms with Crippen molar-refractivity contribution in [3.05, 3.63) is 34.6 Å². The molecule has 0 atom stereocenters. The van der Waals surface area contributed by atoms with E-state index in [1.165, 1.54) is 25.3 Å². The van der Waals surface area contributed by atoms with E-state index in [-0.39, 0.29) is 16.4 Å². The third-order valence-corrected chi connectivity index (χ3v) is 3.47. The van der Waals surface area contributed by atoms with Gasteiger partial charge in [-0.1, -0.05) is 11.6 Å². The van der Waals surface area contributed by atoms with Gasteiger partial charge in [0.25, 0.3) is 0 Å². The number of ether oxygens (including phenoxy) is 1. The van der Waals surface area contributed by atoms with Crippen LogP contribution in [0.2, 0.25) is 5.02 Å². The van der Waals surface area contributed by atoms with E-state index in [4.69, 9.17) is 16.3 Å². The molecule has 1 aromatic carbocycles. The lowest BCUT2D eigenvalue weighted by Crippen LogP contribution is -2.47. The normalized spacial score (nSPS) is 17.9. The van der Waals surface area contributed by atoms with Gasteiger partial charge in [-0.3, -0.25) is 4.79 Å². The second-order valence-corrected chi connectivity index (χ2v) is 4.41. The summed E-state index contributed by atoms with van der Waals surface area (Å²) in [5.41, 5.74) is -0.569. The fraction of sp³-hybridized carbons (Fsp3) is 0.417. The zero-order valence-corrected chi connectivity index (χ0v) is 9.68. The number of carbonyl (C=O) groups excluding carboxylic acids is 1. The Bertz CT molecular complexity index is 422. The second kappa shape index (κ2) is 4.15. The molecule has 0 bridgehead atoms. The minimum absolute atomic E-state index is 0.211. The number of hydrogen-bond donors (Lipinski definition) is 0. The molecule has 1 aromatic rings. The van der Waals surface area contributed by atoms with Crippen molar-refractivity contribution in [2.75, 3.05) is 7.11 Å². The van der Waals surface area contributed by atoms with Crippen LogP contribution < -0.4 is 0 Å². The van der Waals surface area contributed by atoms with Gasteiger partial charge in [-0.2, -0.15) is 0 Å². The molecule has 1 saturated carbocycles. The Labute approximate surface area is 98.4 Å². The summed E-state index contributed by atoms with van der Waals surface area (Å²) in [6.07, 6.45) is 2.30. The van der Waals surface area contributed by atoms with Crippen molar-refractivity contribution >= 4 is 17.4 Å². The summed E-state index contributed by atoms with van der Waals surface area (Å²) in [6, 6.07) is 3.80. The summed E-state index contributed by atoms with van der Waals surface area (Å²) >= 11 is 5.89. The maximum absolute atomic E-state index is 13.1. The summed E-state index contributed by atoms with van der Waals surface area (Å²) in [5, 5.41) is 0.273. The SMILES string of the molecule is COC1(C(=O)c2cc(F)ccc2Cl)CCC1. The molecule has 0 amide bonds. The van der Waals surface area contributed by atoms with Gasteiger partial charge in [0.2, 0.25) is 0 Å². The number of methoxy groups -OCH3 is 1. The molecule has 4 heteroatoms. The van der Waals surface area contributed by atoms with Crippen LogP contribution in [-0.2, 0) is 4.74 Å². The summed E-state index contributed by atoms with van der Waals surface area (Å²) in [7, 11) is 1.50. The smallest absolute Gasteiger partial charge is 0.196 e. The van der Waals surface area contributed by atoms with Crippen LogP contribution in [0.1, 0.15) is 29.6 Å². The highest BCUT2D eigenvalue weighted by molar-refractivity contribution is 6.34. The maximum atomic E-state index is 13.1. The van der Waals surface area contributed by atoms with Crippen molar-refractivity contribution in [2.45, 2.75) is 24.9 Å². The molecule has 0 saturated heterocycles. The summed E-state index contributed by atoms with van der Waals surface area (Å²) in [5.74, 6) is -0.677. The first-order valence-electron chi connectivity index (χ1n) is 5.14. The first kappa shape index (κ1) is 11.6. The van der Waals surface area contributed by atoms with E-state index in [1.807, 2.05) is 0 Å². The minimum atomic E-state index is -0.780. The lowest BCUT2D eigenvalue weighted by atomic mass is 9.75. The number of hydrogen-bond acceptors (Lipinski definition) is 2. The third-order valence-electron chi connectivity index (χ3n) is 3.14. The largest absolute Gasteiger partial charge is 0.370 e. The van der Waals surface area contributed by atoms with Gasteiger partial charge < -0.3 is 4.74 Å². The van der Waals surface area contributed by atoms with Crippen LogP contribution in [0.15, 0.2) is 18.2 Å². The molecule has 1 aliphatic rings. The number of ketones is 1. The molecule has 2 nitrogen and oxygen atoms in total. The van der Waals surface area contributed by atoms with Crippen LogP contribution in [0, 0.1) is 5.82 Å². The van der Waals surface area contributed by atoms with E-state index in [0.29, 0.717) is 12.8 Å². The molecule has 0 heterocycles. The molecule has 0 unspecified atom stereocenters. The van der Waals surface area contributed by atoms with Gasteiger partial charge in [-0.05, 0) is 37.5 Å². The molecule has 0 aromatic heterocycles. The molecular weight excluding hydrogens is 231 g/mol. The average Bonchev–Trinajstić information content (AvgIpc) is 2.21. The Balaban J connectivity index is 2.37. The van der Waals surface area contributed by atoms with Crippen LogP contribution in [0.25, 0.3) is 0 Å². The Morgan fingerprint density at radius 2 is 2.19 bits per heavy atom. The number of carbonyl (C=O) groups is 1. The zero-order valence-electron chi connectivity index (χ0n) is 8.93. The summed E-state index contributed by atoms with van der Waals surface area (Å²) in [4.78, 5) is 12.2. The Kier molecular flexibility index (Phi) is 3.00. The van der Waals surface area contributed by atoms with E-state index in [2.05, 4.69) is 0 Å². The Hall–Kier alpha value is -0.930. The van der Waals surface area contributed by atoms with Gasteiger partial charge in [0.15, 0.2) is 5.78 Å². The topological polar surface area (TPSA) is 26.3 Å². The first-order chi connectivity index (χ1) is 7.59. The number of benzene rings is 1. The van der Waals surface area contributed by atoms with E-state index >= 15 is 0 Å². The van der Waals surface area contributed by atoms with Crippen LogP contribution in [0.4, 0.5) is 4.39 Å². The second-order valence-electron chi connectivity index (χ2n) is 4.01. The molecule has 1 aliphatic carbocycles. The minimum Gasteiger partial charge on any atom is -0.370 e. The van der Waals surface area contributed by atoms with E-state index in [1.54, 1.807) is 0 Å². The van der Waals surface area contributed by atoms with Gasteiger partial charge >= 0.3 is 0 Å². The highest BCUT2D eigenvalue weighted by Gasteiger charge is 2.45. The van der Waals surface area contributed by atoms with Crippen LogP contribution in [-0.4, -0.2) is 18.5 Å². The van der Waals surface area contributed by atoms with Gasteiger partial charge in [-0.25, -0.2) is 4.39 Å². The van der Waals surface area contributed by atoms with Crippen molar-refractivity contribution in [3.8, 4) is 0 Å². The molecule has 1 fully saturated rings. The molecule has 0 N–H and O–H groups in total. The molecule has 2 rings (SSSR count). The third kappa shape index (κ3) is 1.74. The fourth-order valence-electron chi connectivity index (χ4n) is 1.94. The van der Waals surface area contributed by atoms with E-state index < -0.39 is 11.4 Å². The highest BCUT2D eigenvalue weighted by Crippen LogP contribution is 2.39. The monoisotopic (exact) mass is 242 g/mol. The van der Waals surface area contributed by atoms with Gasteiger partial charge in [-0.15, -0.1) is 0 Å². The molecule has 86 valence electrons. The van der Waals surface area contributed by atoms with Gasteiger partial charge in [0.05, 0.1) is 5.02 Å². The van der Waals surface area contributed by atoms with Crippen molar-refractivity contribution in [2.24, 2.45) is 0 Å². The average molecular weight is 243 g/mol. The standard InChI is InChI=1S/C12H12ClFO2/c1-16-12(5-2-6-12)11(15)9-7-8(14)3-4-10(9)13/h3-4,7H,2,5-6H2,1H3. The Morgan fingerprint density at radius 1 is 1.50 bits per heavy atom.